The zero-order chi connectivity index (χ0) is 18.8. The van der Waals surface area contributed by atoms with Gasteiger partial charge in [-0.25, -0.2) is 0 Å². The first kappa shape index (κ1) is 17.4. The molecule has 3 aromatic rings. The van der Waals surface area contributed by atoms with Crippen LogP contribution in [-0.4, -0.2) is 46.9 Å². The minimum atomic E-state index is 0.119. The van der Waals surface area contributed by atoms with Gasteiger partial charge in [0.2, 0.25) is 0 Å². The molecule has 1 aliphatic heterocycles. The molecule has 1 fully saturated rings. The number of hydrogen-bond acceptors (Lipinski definition) is 2. The molecule has 2 aromatic carbocycles. The molecule has 0 atom stereocenters. The van der Waals surface area contributed by atoms with Gasteiger partial charge in [0.25, 0.3) is 5.91 Å². The van der Waals surface area contributed by atoms with E-state index in [1.807, 2.05) is 35.2 Å². The summed E-state index contributed by atoms with van der Waals surface area (Å²) in [5, 5.41) is 1.14. The smallest absolute Gasteiger partial charge is 0.256 e. The molecule has 1 amide bonds. The average molecular weight is 359 g/mol. The number of H-pyrrole nitrogens is 1. The molecule has 4 heteroatoms. The molecule has 1 saturated heterocycles. The molecule has 0 saturated carbocycles. The number of nitrogens with one attached hydrogen (secondary N) is 1. The molecular formula is C23H25N3O. The highest BCUT2D eigenvalue weighted by Gasteiger charge is 2.23. The predicted molar refractivity (Wildman–Crippen MR) is 111 cm³/mol. The molecule has 0 bridgehead atoms. The number of carbonyl (C=O) groups is 1. The lowest BCUT2D eigenvalue weighted by Gasteiger charge is -2.34. The van der Waals surface area contributed by atoms with E-state index in [0.29, 0.717) is 0 Å². The third-order valence-corrected chi connectivity index (χ3v) is 5.45. The van der Waals surface area contributed by atoms with E-state index in [0.717, 1.165) is 48.3 Å². The highest BCUT2D eigenvalue weighted by atomic mass is 16.2. The first-order chi connectivity index (χ1) is 13.1. The molecule has 1 aliphatic rings. The van der Waals surface area contributed by atoms with Crippen molar-refractivity contribution >= 4 is 22.9 Å². The number of hydrogen-bond donors (Lipinski definition) is 1. The minimum absolute atomic E-state index is 0.119. The van der Waals surface area contributed by atoms with Crippen LogP contribution in [0.15, 0.2) is 54.7 Å². The van der Waals surface area contributed by atoms with Crippen molar-refractivity contribution in [2.45, 2.75) is 13.8 Å². The zero-order valence-electron chi connectivity index (χ0n) is 15.9. The third-order valence-electron chi connectivity index (χ3n) is 5.45. The lowest BCUT2D eigenvalue weighted by atomic mass is 10.1. The van der Waals surface area contributed by atoms with E-state index in [2.05, 4.69) is 54.2 Å². The van der Waals surface area contributed by atoms with Crippen LogP contribution in [0.4, 0.5) is 0 Å². The van der Waals surface area contributed by atoms with Crippen LogP contribution in [0.5, 0.6) is 0 Å². The number of benzene rings is 2. The summed E-state index contributed by atoms with van der Waals surface area (Å²) in [6.45, 7) is 7.35. The van der Waals surface area contributed by atoms with Crippen LogP contribution in [0.1, 0.15) is 27.2 Å². The standard InChI is InChI=1S/C23H25N3O/c1-17-18(2)24-22-20(17)9-6-10-21(22)23(27)26-15-13-25(14-16-26)12-11-19-7-4-3-5-8-19/h3-12,24H,13-16H2,1-2H3. The van der Waals surface area contributed by atoms with E-state index < -0.39 is 0 Å². The molecule has 0 spiro atoms. The Morgan fingerprint density at radius 1 is 0.963 bits per heavy atom. The first-order valence-electron chi connectivity index (χ1n) is 9.48. The number of carbonyl (C=O) groups excluding carboxylic acids is 1. The number of aromatic nitrogens is 1. The summed E-state index contributed by atoms with van der Waals surface area (Å²) in [6, 6.07) is 16.3. The maximum Gasteiger partial charge on any atom is 0.256 e. The Balaban J connectivity index is 1.45. The van der Waals surface area contributed by atoms with Crippen LogP contribution in [0, 0.1) is 13.8 Å². The normalized spacial score (nSPS) is 15.0. The monoisotopic (exact) mass is 359 g/mol. The number of fused-ring (bicyclic) bond motifs is 1. The van der Waals surface area contributed by atoms with Gasteiger partial charge in [-0.05, 0) is 43.3 Å². The molecule has 1 aromatic heterocycles. The van der Waals surface area contributed by atoms with Crippen molar-refractivity contribution in [3.8, 4) is 0 Å². The van der Waals surface area contributed by atoms with Crippen molar-refractivity contribution in [3.63, 3.8) is 0 Å². The average Bonchev–Trinajstić information content (AvgIpc) is 3.01. The molecule has 0 unspecified atom stereocenters. The fraction of sp³-hybridized carbons (Fsp3) is 0.261. The van der Waals surface area contributed by atoms with Gasteiger partial charge in [-0.3, -0.25) is 4.79 Å². The Hall–Kier alpha value is -3.01. The largest absolute Gasteiger partial charge is 0.374 e. The molecule has 138 valence electrons. The summed E-state index contributed by atoms with van der Waals surface area (Å²) < 4.78 is 0. The van der Waals surface area contributed by atoms with Gasteiger partial charge in [0, 0.05) is 37.3 Å². The summed E-state index contributed by atoms with van der Waals surface area (Å²) in [4.78, 5) is 20.7. The second-order valence-electron chi connectivity index (χ2n) is 7.16. The van der Waals surface area contributed by atoms with Gasteiger partial charge < -0.3 is 14.8 Å². The quantitative estimate of drug-likeness (QED) is 0.761. The Morgan fingerprint density at radius 3 is 2.44 bits per heavy atom. The molecule has 0 radical (unpaired) electrons. The van der Waals surface area contributed by atoms with Gasteiger partial charge in [0.15, 0.2) is 0 Å². The first-order valence-corrected chi connectivity index (χ1v) is 9.48. The van der Waals surface area contributed by atoms with Crippen LogP contribution in [-0.2, 0) is 0 Å². The van der Waals surface area contributed by atoms with Gasteiger partial charge in [-0.2, -0.15) is 0 Å². The maximum absolute atomic E-state index is 13.1. The number of piperazine rings is 1. The second-order valence-corrected chi connectivity index (χ2v) is 7.16. The Labute approximate surface area is 160 Å². The maximum atomic E-state index is 13.1. The number of para-hydroxylation sites is 1. The van der Waals surface area contributed by atoms with E-state index in [1.54, 1.807) is 0 Å². The lowest BCUT2D eigenvalue weighted by molar-refractivity contribution is 0.0682. The Morgan fingerprint density at radius 2 is 1.70 bits per heavy atom. The highest BCUT2D eigenvalue weighted by molar-refractivity contribution is 6.06. The van der Waals surface area contributed by atoms with Crippen LogP contribution in [0.25, 0.3) is 17.0 Å². The molecule has 4 nitrogen and oxygen atoms in total. The van der Waals surface area contributed by atoms with Crippen molar-refractivity contribution in [3.05, 3.63) is 77.1 Å². The number of aryl methyl sites for hydroxylation is 2. The van der Waals surface area contributed by atoms with Crippen LogP contribution < -0.4 is 0 Å². The van der Waals surface area contributed by atoms with Gasteiger partial charge in [-0.15, -0.1) is 0 Å². The van der Waals surface area contributed by atoms with Gasteiger partial charge in [0.1, 0.15) is 0 Å². The molecule has 0 aliphatic carbocycles. The van der Waals surface area contributed by atoms with Gasteiger partial charge >= 0.3 is 0 Å². The number of aromatic amines is 1. The summed E-state index contributed by atoms with van der Waals surface area (Å²) in [7, 11) is 0. The molecule has 27 heavy (non-hydrogen) atoms. The van der Waals surface area contributed by atoms with Crippen molar-refractivity contribution in [1.29, 1.82) is 0 Å². The summed E-state index contributed by atoms with van der Waals surface area (Å²) in [5.74, 6) is 0.119. The van der Waals surface area contributed by atoms with E-state index in [9.17, 15) is 4.79 Å². The number of nitrogens with zero attached hydrogens (tertiary/aromatic N) is 2. The third kappa shape index (κ3) is 3.47. The number of amides is 1. The Bertz CT molecular complexity index is 980. The second kappa shape index (κ2) is 7.31. The van der Waals surface area contributed by atoms with Crippen LogP contribution in [0.2, 0.25) is 0 Å². The van der Waals surface area contributed by atoms with Crippen LogP contribution >= 0.6 is 0 Å². The van der Waals surface area contributed by atoms with Crippen molar-refractivity contribution in [1.82, 2.24) is 14.8 Å². The highest BCUT2D eigenvalue weighted by Crippen LogP contribution is 2.25. The Kier molecular flexibility index (Phi) is 4.71. The predicted octanol–water partition coefficient (Wildman–Crippen LogP) is 4.21. The van der Waals surface area contributed by atoms with Crippen LogP contribution in [0.3, 0.4) is 0 Å². The fourth-order valence-corrected chi connectivity index (χ4v) is 3.66. The van der Waals surface area contributed by atoms with E-state index in [4.69, 9.17) is 0 Å². The van der Waals surface area contributed by atoms with Crippen molar-refractivity contribution < 1.29 is 4.79 Å². The molecular weight excluding hydrogens is 334 g/mol. The van der Waals surface area contributed by atoms with Gasteiger partial charge in [0.05, 0.1) is 11.1 Å². The molecule has 1 N–H and O–H groups in total. The topological polar surface area (TPSA) is 39.3 Å². The van der Waals surface area contributed by atoms with Crippen molar-refractivity contribution in [2.24, 2.45) is 0 Å². The van der Waals surface area contributed by atoms with E-state index in [1.165, 1.54) is 11.1 Å². The van der Waals surface area contributed by atoms with E-state index >= 15 is 0 Å². The molecule has 2 heterocycles. The zero-order valence-corrected chi connectivity index (χ0v) is 15.9. The van der Waals surface area contributed by atoms with Gasteiger partial charge in [-0.1, -0.05) is 42.5 Å². The summed E-state index contributed by atoms with van der Waals surface area (Å²) in [6.07, 6.45) is 4.26. The van der Waals surface area contributed by atoms with E-state index in [-0.39, 0.29) is 5.91 Å². The summed E-state index contributed by atoms with van der Waals surface area (Å²) >= 11 is 0. The minimum Gasteiger partial charge on any atom is -0.374 e. The summed E-state index contributed by atoms with van der Waals surface area (Å²) in [5.41, 5.74) is 5.28. The fourth-order valence-electron chi connectivity index (χ4n) is 3.66. The SMILES string of the molecule is Cc1[nH]c2c(C(=O)N3CCN(C=Cc4ccccc4)CC3)cccc2c1C. The molecule has 4 rings (SSSR count). The van der Waals surface area contributed by atoms with Crippen molar-refractivity contribution in [2.75, 3.05) is 26.2 Å². The number of rotatable bonds is 3. The lowest BCUT2D eigenvalue weighted by Crippen LogP contribution is -2.46.